The first-order chi connectivity index (χ1) is 7.07. The highest BCUT2D eigenvalue weighted by Crippen LogP contribution is 2.39. The number of aliphatic carboxylic acids is 1. The van der Waals surface area contributed by atoms with Gasteiger partial charge in [-0.1, -0.05) is 6.08 Å². The zero-order valence-corrected chi connectivity index (χ0v) is 8.23. The second-order valence-corrected chi connectivity index (χ2v) is 3.67. The van der Waals surface area contributed by atoms with E-state index >= 15 is 0 Å². The van der Waals surface area contributed by atoms with Crippen LogP contribution < -0.4 is 0 Å². The number of hydrogen-bond acceptors (Lipinski definition) is 3. The van der Waals surface area contributed by atoms with Gasteiger partial charge in [0.15, 0.2) is 0 Å². The monoisotopic (exact) mass is 209 g/mol. The van der Waals surface area contributed by atoms with Crippen molar-refractivity contribution in [3.05, 3.63) is 22.9 Å². The summed E-state index contributed by atoms with van der Waals surface area (Å²) in [5.74, 6) is -1.37. The van der Waals surface area contributed by atoms with Gasteiger partial charge in [0.05, 0.1) is 12.6 Å². The normalized spacial score (nSPS) is 27.1. The Hall–Kier alpha value is -1.62. The van der Waals surface area contributed by atoms with Crippen LogP contribution >= 0.6 is 0 Å². The van der Waals surface area contributed by atoms with Gasteiger partial charge in [0.2, 0.25) is 0 Å². The fourth-order valence-corrected chi connectivity index (χ4v) is 2.04. The van der Waals surface area contributed by atoms with Gasteiger partial charge in [0.25, 0.3) is 5.91 Å². The van der Waals surface area contributed by atoms with E-state index < -0.39 is 5.97 Å². The first kappa shape index (κ1) is 9.92. The van der Waals surface area contributed by atoms with Crippen LogP contribution in [0.25, 0.3) is 0 Å². The van der Waals surface area contributed by atoms with Crippen molar-refractivity contribution < 1.29 is 19.8 Å². The van der Waals surface area contributed by atoms with Gasteiger partial charge in [0, 0.05) is 5.57 Å². The molecule has 1 atom stereocenters. The fraction of sp³-hybridized carbons (Fsp3) is 0.400. The minimum atomic E-state index is -1.08. The van der Waals surface area contributed by atoms with Crippen LogP contribution in [-0.2, 0) is 9.59 Å². The third-order valence-corrected chi connectivity index (χ3v) is 2.80. The second-order valence-electron chi connectivity index (χ2n) is 3.67. The molecule has 2 rings (SSSR count). The fourth-order valence-electron chi connectivity index (χ4n) is 2.04. The molecule has 0 unspecified atom stereocenters. The quantitative estimate of drug-likeness (QED) is 0.491. The molecule has 15 heavy (non-hydrogen) atoms. The lowest BCUT2D eigenvalue weighted by Gasteiger charge is -2.39. The van der Waals surface area contributed by atoms with E-state index in [9.17, 15) is 9.59 Å². The van der Waals surface area contributed by atoms with Crippen LogP contribution in [0.15, 0.2) is 22.9 Å². The first-order valence-electron chi connectivity index (χ1n) is 4.65. The third kappa shape index (κ3) is 1.20. The maximum absolute atomic E-state index is 11.6. The van der Waals surface area contributed by atoms with Crippen LogP contribution in [0.4, 0.5) is 0 Å². The van der Waals surface area contributed by atoms with E-state index in [1.165, 1.54) is 4.90 Å². The summed E-state index contributed by atoms with van der Waals surface area (Å²) in [5.41, 5.74) is 1.24. The van der Waals surface area contributed by atoms with Crippen LogP contribution in [0.3, 0.4) is 0 Å². The SMILES string of the molecule is C/C(CO)=C1\C(=O)N2C(C(=O)O)=CC[C@@H]12. The van der Waals surface area contributed by atoms with Gasteiger partial charge in [-0.3, -0.25) is 9.69 Å². The highest BCUT2D eigenvalue weighted by Gasteiger charge is 2.49. The molecule has 0 aromatic carbocycles. The van der Waals surface area contributed by atoms with Gasteiger partial charge in [-0.25, -0.2) is 4.79 Å². The molecule has 1 fully saturated rings. The van der Waals surface area contributed by atoms with Crippen molar-refractivity contribution in [1.29, 1.82) is 0 Å². The predicted molar refractivity (Wildman–Crippen MR) is 50.8 cm³/mol. The number of carboxylic acids is 1. The molecular weight excluding hydrogens is 198 g/mol. The van der Waals surface area contributed by atoms with E-state index in [2.05, 4.69) is 0 Å². The number of fused-ring (bicyclic) bond motifs is 1. The summed E-state index contributed by atoms with van der Waals surface area (Å²) in [4.78, 5) is 23.6. The van der Waals surface area contributed by atoms with Crippen molar-refractivity contribution in [2.24, 2.45) is 0 Å². The molecule has 0 aromatic heterocycles. The Kier molecular flexibility index (Phi) is 2.12. The van der Waals surface area contributed by atoms with Gasteiger partial charge in [-0.2, -0.15) is 0 Å². The summed E-state index contributed by atoms with van der Waals surface area (Å²) in [5, 5.41) is 17.7. The van der Waals surface area contributed by atoms with Crippen LogP contribution in [0, 0.1) is 0 Å². The lowest BCUT2D eigenvalue weighted by molar-refractivity contribution is -0.142. The molecule has 2 N–H and O–H groups in total. The average molecular weight is 209 g/mol. The number of nitrogens with zero attached hydrogens (tertiary/aromatic N) is 1. The zero-order chi connectivity index (χ0) is 11.2. The van der Waals surface area contributed by atoms with E-state index in [4.69, 9.17) is 10.2 Å². The average Bonchev–Trinajstić information content (AvgIpc) is 2.57. The van der Waals surface area contributed by atoms with Crippen LogP contribution in [0.1, 0.15) is 13.3 Å². The summed E-state index contributed by atoms with van der Waals surface area (Å²) in [6.07, 6.45) is 2.07. The third-order valence-electron chi connectivity index (χ3n) is 2.80. The lowest BCUT2D eigenvalue weighted by atomic mass is 9.90. The minimum Gasteiger partial charge on any atom is -0.477 e. The molecule has 1 amide bonds. The molecule has 1 saturated heterocycles. The molecule has 5 nitrogen and oxygen atoms in total. The Balaban J connectivity index is 2.28. The van der Waals surface area contributed by atoms with Crippen LogP contribution in [0.5, 0.6) is 0 Å². The molecule has 0 saturated carbocycles. The second kappa shape index (κ2) is 3.20. The number of carbonyl (C=O) groups is 2. The summed E-state index contributed by atoms with van der Waals surface area (Å²) in [6, 6.07) is -0.171. The number of amides is 1. The molecule has 2 heterocycles. The molecule has 0 spiro atoms. The number of carbonyl (C=O) groups excluding carboxylic acids is 1. The van der Waals surface area contributed by atoms with Crippen molar-refractivity contribution in [1.82, 2.24) is 4.90 Å². The Morgan fingerprint density at radius 2 is 2.33 bits per heavy atom. The largest absolute Gasteiger partial charge is 0.477 e. The molecule has 5 heteroatoms. The highest BCUT2D eigenvalue weighted by molar-refractivity contribution is 6.08. The van der Waals surface area contributed by atoms with E-state index in [0.717, 1.165) is 0 Å². The van der Waals surface area contributed by atoms with Crippen molar-refractivity contribution in [2.75, 3.05) is 6.61 Å². The van der Waals surface area contributed by atoms with Crippen molar-refractivity contribution in [3.8, 4) is 0 Å². The van der Waals surface area contributed by atoms with Crippen molar-refractivity contribution >= 4 is 11.9 Å². The smallest absolute Gasteiger partial charge is 0.352 e. The molecule has 0 radical (unpaired) electrons. The summed E-state index contributed by atoms with van der Waals surface area (Å²) < 4.78 is 0. The number of aliphatic hydroxyl groups excluding tert-OH is 1. The van der Waals surface area contributed by atoms with E-state index in [1.54, 1.807) is 13.0 Å². The standard InChI is InChI=1S/C10H11NO4/c1-5(4-12)8-6-2-3-7(10(14)15)11(6)9(8)13/h3,6,12H,2,4H2,1H3,(H,14,15)/b8-5+/t6-/m0/s1. The lowest BCUT2D eigenvalue weighted by Crippen LogP contribution is -2.53. The molecule has 2 aliphatic heterocycles. The molecule has 0 aromatic rings. The summed E-state index contributed by atoms with van der Waals surface area (Å²) in [7, 11) is 0. The minimum absolute atomic E-state index is 0.0551. The first-order valence-corrected chi connectivity index (χ1v) is 4.65. The van der Waals surface area contributed by atoms with Crippen molar-refractivity contribution in [3.63, 3.8) is 0 Å². The maximum Gasteiger partial charge on any atom is 0.352 e. The maximum atomic E-state index is 11.6. The molecule has 0 bridgehead atoms. The highest BCUT2D eigenvalue weighted by atomic mass is 16.4. The molecule has 2 aliphatic rings. The Labute approximate surface area is 86.3 Å². The molecule has 80 valence electrons. The van der Waals surface area contributed by atoms with Gasteiger partial charge in [-0.15, -0.1) is 0 Å². The number of rotatable bonds is 2. The summed E-state index contributed by atoms with van der Waals surface area (Å²) in [6.45, 7) is 1.52. The number of carboxylic acid groups (broad SMARTS) is 1. The van der Waals surface area contributed by atoms with E-state index in [0.29, 0.717) is 17.6 Å². The zero-order valence-electron chi connectivity index (χ0n) is 8.23. The predicted octanol–water partition coefficient (Wildman–Crippen LogP) is -0.122. The topological polar surface area (TPSA) is 77.8 Å². The van der Waals surface area contributed by atoms with Gasteiger partial charge >= 0.3 is 5.97 Å². The Bertz CT molecular complexity index is 408. The number of β-lactam (4-membered cyclic amide) rings is 1. The molecule has 0 aliphatic carbocycles. The van der Waals surface area contributed by atoms with Gasteiger partial charge < -0.3 is 10.2 Å². The number of hydrogen-bond donors (Lipinski definition) is 2. The molecular formula is C10H11NO4. The Morgan fingerprint density at radius 1 is 1.67 bits per heavy atom. The summed E-state index contributed by atoms with van der Waals surface area (Å²) >= 11 is 0. The van der Waals surface area contributed by atoms with Crippen LogP contribution in [-0.4, -0.2) is 39.6 Å². The van der Waals surface area contributed by atoms with Crippen molar-refractivity contribution in [2.45, 2.75) is 19.4 Å². The van der Waals surface area contributed by atoms with Gasteiger partial charge in [0.1, 0.15) is 5.70 Å². The number of aliphatic hydroxyl groups is 1. The van der Waals surface area contributed by atoms with E-state index in [1.807, 2.05) is 0 Å². The van der Waals surface area contributed by atoms with Gasteiger partial charge in [-0.05, 0) is 18.9 Å². The Morgan fingerprint density at radius 3 is 2.87 bits per heavy atom. The van der Waals surface area contributed by atoms with E-state index in [-0.39, 0.29) is 24.3 Å². The van der Waals surface area contributed by atoms with Crippen LogP contribution in [0.2, 0.25) is 0 Å².